The van der Waals surface area contributed by atoms with Crippen LogP contribution in [0.2, 0.25) is 0 Å². The molecule has 0 radical (unpaired) electrons. The van der Waals surface area contributed by atoms with Crippen molar-refractivity contribution in [3.8, 4) is 0 Å². The van der Waals surface area contributed by atoms with Crippen LogP contribution in [0, 0.1) is 5.92 Å². The summed E-state index contributed by atoms with van der Waals surface area (Å²) in [5.74, 6) is 2.26. The van der Waals surface area contributed by atoms with E-state index in [1.165, 1.54) is 0 Å². The van der Waals surface area contributed by atoms with Gasteiger partial charge in [0, 0.05) is 43.9 Å². The fourth-order valence-corrected chi connectivity index (χ4v) is 4.29. The standard InChI is InChI=1S/C16H23N3O3S/c20-15(9-13-10-16(21)22-11-13)19(14-1-7-23-8-2-14)6-5-18-4-3-17-12-18/h3-4,12-14H,1-2,5-11H2. The number of ether oxygens (including phenoxy) is 1. The summed E-state index contributed by atoms with van der Waals surface area (Å²) in [6, 6.07) is 0.324. The monoisotopic (exact) mass is 337 g/mol. The second-order valence-electron chi connectivity index (χ2n) is 6.19. The largest absolute Gasteiger partial charge is 0.465 e. The minimum atomic E-state index is -0.179. The van der Waals surface area contributed by atoms with Crippen LogP contribution >= 0.6 is 11.8 Å². The topological polar surface area (TPSA) is 64.4 Å². The molecule has 0 saturated carbocycles. The molecule has 1 unspecified atom stereocenters. The van der Waals surface area contributed by atoms with Gasteiger partial charge in [0.2, 0.25) is 5.91 Å². The van der Waals surface area contributed by atoms with Crippen LogP contribution in [-0.2, 0) is 20.9 Å². The zero-order chi connectivity index (χ0) is 16.1. The van der Waals surface area contributed by atoms with Gasteiger partial charge in [0.15, 0.2) is 0 Å². The fourth-order valence-electron chi connectivity index (χ4n) is 3.21. The Balaban J connectivity index is 1.60. The number of rotatable bonds is 6. The highest BCUT2D eigenvalue weighted by molar-refractivity contribution is 7.99. The van der Waals surface area contributed by atoms with Crippen LogP contribution in [0.4, 0.5) is 0 Å². The summed E-state index contributed by atoms with van der Waals surface area (Å²) >= 11 is 1.96. The third-order valence-corrected chi connectivity index (χ3v) is 5.56. The zero-order valence-corrected chi connectivity index (χ0v) is 14.0. The van der Waals surface area contributed by atoms with E-state index in [-0.39, 0.29) is 17.8 Å². The number of hydrogen-bond donors (Lipinski definition) is 0. The minimum Gasteiger partial charge on any atom is -0.465 e. The van der Waals surface area contributed by atoms with Crippen molar-refractivity contribution in [2.75, 3.05) is 24.7 Å². The van der Waals surface area contributed by atoms with Crippen LogP contribution in [0.1, 0.15) is 25.7 Å². The van der Waals surface area contributed by atoms with Crippen LogP contribution in [0.3, 0.4) is 0 Å². The lowest BCUT2D eigenvalue weighted by atomic mass is 10.0. The Hall–Kier alpha value is -1.50. The number of esters is 1. The normalized spacial score (nSPS) is 22.1. The predicted octanol–water partition coefficient (Wildman–Crippen LogP) is 1.56. The van der Waals surface area contributed by atoms with Crippen LogP contribution in [-0.4, -0.2) is 57.0 Å². The average molecular weight is 337 g/mol. The molecule has 1 aromatic rings. The van der Waals surface area contributed by atoms with E-state index in [9.17, 15) is 9.59 Å². The molecule has 126 valence electrons. The second kappa shape index (κ2) is 7.86. The quantitative estimate of drug-likeness (QED) is 0.737. The molecule has 1 amide bonds. The molecule has 2 fully saturated rings. The van der Waals surface area contributed by atoms with Gasteiger partial charge in [0.1, 0.15) is 0 Å². The first-order valence-corrected chi connectivity index (χ1v) is 9.36. The Labute approximate surface area is 140 Å². The highest BCUT2D eigenvalue weighted by atomic mass is 32.2. The molecule has 0 bridgehead atoms. The molecule has 0 aromatic carbocycles. The molecule has 2 saturated heterocycles. The van der Waals surface area contributed by atoms with Crippen LogP contribution in [0.5, 0.6) is 0 Å². The smallest absolute Gasteiger partial charge is 0.306 e. The van der Waals surface area contributed by atoms with Crippen LogP contribution in [0.15, 0.2) is 18.7 Å². The van der Waals surface area contributed by atoms with E-state index in [1.807, 2.05) is 27.4 Å². The van der Waals surface area contributed by atoms with Gasteiger partial charge in [-0.25, -0.2) is 4.98 Å². The molecule has 0 N–H and O–H groups in total. The molecule has 7 heteroatoms. The van der Waals surface area contributed by atoms with Gasteiger partial charge < -0.3 is 14.2 Å². The third-order valence-electron chi connectivity index (χ3n) is 4.51. The Morgan fingerprint density at radius 1 is 1.43 bits per heavy atom. The number of aromatic nitrogens is 2. The van der Waals surface area contributed by atoms with Gasteiger partial charge in [-0.1, -0.05) is 0 Å². The van der Waals surface area contributed by atoms with E-state index in [1.54, 1.807) is 12.5 Å². The first kappa shape index (κ1) is 16.4. The first-order valence-electron chi connectivity index (χ1n) is 8.21. The van der Waals surface area contributed by atoms with Crippen molar-refractivity contribution >= 4 is 23.6 Å². The number of carbonyl (C=O) groups excluding carboxylic acids is 2. The number of amides is 1. The lowest BCUT2D eigenvalue weighted by Gasteiger charge is -2.35. The molecule has 0 spiro atoms. The molecule has 1 atom stereocenters. The Kier molecular flexibility index (Phi) is 5.59. The van der Waals surface area contributed by atoms with Crippen molar-refractivity contribution in [3.05, 3.63) is 18.7 Å². The summed E-state index contributed by atoms with van der Waals surface area (Å²) in [7, 11) is 0. The zero-order valence-electron chi connectivity index (χ0n) is 13.2. The maximum atomic E-state index is 12.8. The fraction of sp³-hybridized carbons (Fsp3) is 0.688. The molecule has 3 heterocycles. The molecular weight excluding hydrogens is 314 g/mol. The van der Waals surface area contributed by atoms with Crippen molar-refractivity contribution < 1.29 is 14.3 Å². The average Bonchev–Trinajstić information content (AvgIpc) is 3.20. The number of carbonyl (C=O) groups is 2. The summed E-state index contributed by atoms with van der Waals surface area (Å²) in [6.07, 6.45) is 8.36. The predicted molar refractivity (Wildman–Crippen MR) is 88.0 cm³/mol. The van der Waals surface area contributed by atoms with E-state index in [0.29, 0.717) is 32.0 Å². The molecular formula is C16H23N3O3S. The number of hydrogen-bond acceptors (Lipinski definition) is 5. The van der Waals surface area contributed by atoms with Gasteiger partial charge in [-0.3, -0.25) is 9.59 Å². The van der Waals surface area contributed by atoms with Crippen molar-refractivity contribution in [1.82, 2.24) is 14.5 Å². The number of nitrogens with zero attached hydrogens (tertiary/aromatic N) is 3. The summed E-state index contributed by atoms with van der Waals surface area (Å²) in [4.78, 5) is 30.1. The number of thioether (sulfide) groups is 1. The number of imidazole rings is 1. The van der Waals surface area contributed by atoms with Crippen molar-refractivity contribution in [3.63, 3.8) is 0 Å². The summed E-state index contributed by atoms with van der Waals surface area (Å²) < 4.78 is 6.99. The van der Waals surface area contributed by atoms with Crippen LogP contribution in [0.25, 0.3) is 0 Å². The maximum absolute atomic E-state index is 12.8. The molecule has 2 aliphatic heterocycles. The highest BCUT2D eigenvalue weighted by Crippen LogP contribution is 2.25. The lowest BCUT2D eigenvalue weighted by molar-refractivity contribution is -0.138. The number of cyclic esters (lactones) is 1. The van der Waals surface area contributed by atoms with Gasteiger partial charge in [0.05, 0.1) is 19.4 Å². The Morgan fingerprint density at radius 3 is 2.91 bits per heavy atom. The Morgan fingerprint density at radius 2 is 2.26 bits per heavy atom. The van der Waals surface area contributed by atoms with Crippen LogP contribution < -0.4 is 0 Å². The summed E-state index contributed by atoms with van der Waals surface area (Å²) in [5.41, 5.74) is 0. The molecule has 6 nitrogen and oxygen atoms in total. The van der Waals surface area contributed by atoms with Gasteiger partial charge in [-0.15, -0.1) is 0 Å². The van der Waals surface area contributed by atoms with E-state index in [0.717, 1.165) is 30.9 Å². The molecule has 23 heavy (non-hydrogen) atoms. The van der Waals surface area contributed by atoms with Gasteiger partial charge in [-0.2, -0.15) is 11.8 Å². The van der Waals surface area contributed by atoms with Gasteiger partial charge >= 0.3 is 5.97 Å². The summed E-state index contributed by atoms with van der Waals surface area (Å²) in [6.45, 7) is 1.85. The van der Waals surface area contributed by atoms with Crippen molar-refractivity contribution in [1.29, 1.82) is 0 Å². The molecule has 0 aliphatic carbocycles. The molecule has 3 rings (SSSR count). The SMILES string of the molecule is O=C1CC(CC(=O)N(CCn2ccnc2)C2CCSCC2)CO1. The molecule has 1 aromatic heterocycles. The first-order chi connectivity index (χ1) is 11.2. The van der Waals surface area contributed by atoms with Crippen molar-refractivity contribution in [2.45, 2.75) is 38.3 Å². The second-order valence-corrected chi connectivity index (χ2v) is 7.41. The van der Waals surface area contributed by atoms with Gasteiger partial charge in [0.25, 0.3) is 0 Å². The maximum Gasteiger partial charge on any atom is 0.306 e. The van der Waals surface area contributed by atoms with E-state index in [2.05, 4.69) is 4.98 Å². The third kappa shape index (κ3) is 4.50. The van der Waals surface area contributed by atoms with E-state index >= 15 is 0 Å². The van der Waals surface area contributed by atoms with E-state index < -0.39 is 0 Å². The highest BCUT2D eigenvalue weighted by Gasteiger charge is 2.31. The van der Waals surface area contributed by atoms with Gasteiger partial charge in [-0.05, 0) is 24.3 Å². The Bertz CT molecular complexity index is 529. The lowest BCUT2D eigenvalue weighted by Crippen LogP contribution is -2.44. The van der Waals surface area contributed by atoms with Crippen molar-refractivity contribution in [2.24, 2.45) is 5.92 Å². The van der Waals surface area contributed by atoms with E-state index in [4.69, 9.17) is 4.74 Å². The minimum absolute atomic E-state index is 0.0451. The molecule has 2 aliphatic rings. The summed E-state index contributed by atoms with van der Waals surface area (Å²) in [5, 5.41) is 0.